The Bertz CT molecular complexity index is 223. The molecule has 0 saturated carbocycles. The van der Waals surface area contributed by atoms with Gasteiger partial charge >= 0.3 is 12.3 Å². The van der Waals surface area contributed by atoms with Crippen molar-refractivity contribution in [2.45, 2.75) is 52.7 Å². The van der Waals surface area contributed by atoms with E-state index in [-0.39, 0.29) is 35.6 Å². The second-order valence-corrected chi connectivity index (χ2v) is 5.03. The van der Waals surface area contributed by atoms with Gasteiger partial charge in [-0.3, -0.25) is 0 Å². The Morgan fingerprint density at radius 2 is 1.00 bits per heavy atom. The molecule has 0 aromatic carbocycles. The summed E-state index contributed by atoms with van der Waals surface area (Å²) in [6, 6.07) is 0. The monoisotopic (exact) mass is 357 g/mol. The van der Waals surface area contributed by atoms with E-state index in [0.717, 1.165) is 0 Å². The van der Waals surface area contributed by atoms with Crippen molar-refractivity contribution in [1.29, 1.82) is 0 Å². The molecule has 1 radical (unpaired) electrons. The zero-order valence-electron chi connectivity index (χ0n) is 10.6. The summed E-state index contributed by atoms with van der Waals surface area (Å²) in [6.07, 6.45) is -2.12. The van der Waals surface area contributed by atoms with Crippen molar-refractivity contribution in [3.05, 3.63) is 0 Å². The minimum absolute atomic E-state index is 0. The van der Waals surface area contributed by atoms with E-state index in [9.17, 15) is 9.59 Å². The third-order valence-corrected chi connectivity index (χ3v) is 0.946. The average molecular weight is 357 g/mol. The molecule has 0 atom stereocenters. The zero-order chi connectivity index (χ0) is 12.3. The maximum Gasteiger partial charge on any atom is 0.519 e. The van der Waals surface area contributed by atoms with E-state index in [1.54, 1.807) is 41.5 Å². The molecule has 0 rings (SSSR count). The van der Waals surface area contributed by atoms with Gasteiger partial charge in [-0.1, -0.05) is 0 Å². The summed E-state index contributed by atoms with van der Waals surface area (Å²) in [5.74, 6) is 0. The van der Waals surface area contributed by atoms with E-state index in [2.05, 4.69) is 4.74 Å². The zero-order valence-corrected chi connectivity index (χ0v) is 14.2. The molecule has 0 N–H and O–H groups in total. The molecule has 0 amide bonds. The van der Waals surface area contributed by atoms with Crippen LogP contribution in [0, 0.1) is 35.6 Å². The minimum Gasteiger partial charge on any atom is -0.428 e. The van der Waals surface area contributed by atoms with Crippen molar-refractivity contribution in [3.8, 4) is 0 Å². The number of hydrogen-bond acceptors (Lipinski definition) is 5. The van der Waals surface area contributed by atoms with E-state index < -0.39 is 23.5 Å². The number of ether oxygens (including phenoxy) is 3. The van der Waals surface area contributed by atoms with Crippen LogP contribution in [0.5, 0.6) is 0 Å². The maximum absolute atomic E-state index is 11.0. The molecule has 0 spiro atoms. The van der Waals surface area contributed by atoms with Crippen LogP contribution in [0.3, 0.4) is 0 Å². The number of carbonyl (C=O) groups excluding carboxylic acids is 2. The Kier molecular flexibility index (Phi) is 7.57. The predicted molar refractivity (Wildman–Crippen MR) is 53.6 cm³/mol. The summed E-state index contributed by atoms with van der Waals surface area (Å²) in [6.45, 7) is 10.0. The van der Waals surface area contributed by atoms with Gasteiger partial charge in [0.05, 0.1) is 0 Å². The largest absolute Gasteiger partial charge is 0.519 e. The Morgan fingerprint density at radius 3 is 1.19 bits per heavy atom. The Balaban J connectivity index is 0. The molecule has 0 heterocycles. The molecule has 0 unspecified atom stereocenters. The van der Waals surface area contributed by atoms with Crippen LogP contribution in [0.25, 0.3) is 0 Å². The van der Waals surface area contributed by atoms with Crippen LogP contribution in [-0.2, 0) is 14.2 Å². The van der Waals surface area contributed by atoms with Crippen molar-refractivity contribution < 1.29 is 59.4 Å². The summed E-state index contributed by atoms with van der Waals surface area (Å²) in [4.78, 5) is 22.0. The molecule has 6 heteroatoms. The fourth-order valence-corrected chi connectivity index (χ4v) is 0.610. The predicted octanol–water partition coefficient (Wildman–Crippen LogP) is 2.87. The van der Waals surface area contributed by atoms with Crippen LogP contribution in [0.1, 0.15) is 41.5 Å². The van der Waals surface area contributed by atoms with E-state index in [4.69, 9.17) is 9.47 Å². The topological polar surface area (TPSA) is 61.8 Å². The first-order valence-electron chi connectivity index (χ1n) is 4.63. The Labute approximate surface area is 124 Å². The van der Waals surface area contributed by atoms with Crippen molar-refractivity contribution in [2.75, 3.05) is 0 Å². The summed E-state index contributed by atoms with van der Waals surface area (Å²) < 4.78 is 13.8. The fraction of sp³-hybridized carbons (Fsp3) is 0.800. The van der Waals surface area contributed by atoms with Crippen LogP contribution < -0.4 is 0 Å². The molecular formula is C10H18LaO5. The fourth-order valence-electron chi connectivity index (χ4n) is 0.610. The molecule has 0 aromatic rings. The smallest absolute Gasteiger partial charge is 0.428 e. The van der Waals surface area contributed by atoms with Crippen molar-refractivity contribution >= 4 is 12.3 Å². The van der Waals surface area contributed by atoms with Gasteiger partial charge < -0.3 is 14.2 Å². The number of carbonyl (C=O) groups is 2. The van der Waals surface area contributed by atoms with E-state index in [1.807, 2.05) is 0 Å². The SMILES string of the molecule is CC(C)(C)OC(=O)OC(=O)OC(C)(C)C.[La]. The van der Waals surface area contributed by atoms with Gasteiger partial charge in [0, 0.05) is 35.6 Å². The first-order chi connectivity index (χ1) is 6.49. The van der Waals surface area contributed by atoms with Crippen molar-refractivity contribution in [2.24, 2.45) is 0 Å². The quantitative estimate of drug-likeness (QED) is 0.493. The molecule has 0 aromatic heterocycles. The van der Waals surface area contributed by atoms with Gasteiger partial charge in [0.25, 0.3) is 0 Å². The summed E-state index contributed by atoms with van der Waals surface area (Å²) >= 11 is 0. The van der Waals surface area contributed by atoms with Crippen LogP contribution in [0.4, 0.5) is 9.59 Å². The minimum atomic E-state index is -1.06. The standard InChI is InChI=1S/C10H18O5.La/c1-9(2,3)14-7(11)13-8(12)15-10(4,5)6;/h1-6H3;. The van der Waals surface area contributed by atoms with Gasteiger partial charge in [-0.05, 0) is 41.5 Å². The van der Waals surface area contributed by atoms with E-state index in [0.29, 0.717) is 0 Å². The molecular weight excluding hydrogens is 339 g/mol. The third kappa shape index (κ3) is 12.0. The molecule has 0 fully saturated rings. The molecule has 0 aliphatic carbocycles. The molecule has 0 aliphatic heterocycles. The van der Waals surface area contributed by atoms with Gasteiger partial charge in [-0.15, -0.1) is 0 Å². The first-order valence-corrected chi connectivity index (χ1v) is 4.63. The Morgan fingerprint density at radius 1 is 0.750 bits per heavy atom. The first kappa shape index (κ1) is 18.3. The van der Waals surface area contributed by atoms with Gasteiger partial charge in [0.2, 0.25) is 0 Å². The van der Waals surface area contributed by atoms with Crippen LogP contribution >= 0.6 is 0 Å². The maximum atomic E-state index is 11.0. The van der Waals surface area contributed by atoms with E-state index in [1.165, 1.54) is 0 Å². The normalized spacial score (nSPS) is 11.1. The van der Waals surface area contributed by atoms with Crippen LogP contribution in [0.15, 0.2) is 0 Å². The molecule has 0 bridgehead atoms. The van der Waals surface area contributed by atoms with Gasteiger partial charge in [0.15, 0.2) is 0 Å². The van der Waals surface area contributed by atoms with E-state index >= 15 is 0 Å². The van der Waals surface area contributed by atoms with Gasteiger partial charge in [0.1, 0.15) is 11.2 Å². The molecule has 5 nitrogen and oxygen atoms in total. The van der Waals surface area contributed by atoms with Crippen molar-refractivity contribution in [3.63, 3.8) is 0 Å². The number of hydrogen-bond donors (Lipinski definition) is 0. The summed E-state index contributed by atoms with van der Waals surface area (Å²) in [5, 5.41) is 0. The van der Waals surface area contributed by atoms with Crippen molar-refractivity contribution in [1.82, 2.24) is 0 Å². The molecule has 0 saturated heterocycles. The second-order valence-electron chi connectivity index (χ2n) is 5.03. The molecule has 0 aliphatic rings. The van der Waals surface area contributed by atoms with Crippen LogP contribution in [-0.4, -0.2) is 23.5 Å². The third-order valence-electron chi connectivity index (χ3n) is 0.946. The molecule has 91 valence electrons. The molecule has 16 heavy (non-hydrogen) atoms. The van der Waals surface area contributed by atoms with Gasteiger partial charge in [-0.2, -0.15) is 0 Å². The average Bonchev–Trinajstić information content (AvgIpc) is 1.73. The Hall–Kier alpha value is -0.0652. The van der Waals surface area contributed by atoms with Gasteiger partial charge in [-0.25, -0.2) is 9.59 Å². The second kappa shape index (κ2) is 6.62. The van der Waals surface area contributed by atoms with Crippen LogP contribution in [0.2, 0.25) is 0 Å². The summed E-state index contributed by atoms with van der Waals surface area (Å²) in [7, 11) is 0. The summed E-state index contributed by atoms with van der Waals surface area (Å²) in [5.41, 5.74) is -1.39. The number of rotatable bonds is 0.